The molecule has 3 nitrogen and oxygen atoms in total. The van der Waals surface area contributed by atoms with E-state index in [-0.39, 0.29) is 5.92 Å². The van der Waals surface area contributed by atoms with Crippen LogP contribution in [-0.4, -0.2) is 11.1 Å². The summed E-state index contributed by atoms with van der Waals surface area (Å²) in [4.78, 5) is 11.7. The molecule has 0 amide bonds. The van der Waals surface area contributed by atoms with Gasteiger partial charge < -0.3 is 9.84 Å². The van der Waals surface area contributed by atoms with Crippen LogP contribution in [0.25, 0.3) is 21.2 Å². The maximum Gasteiger partial charge on any atom is 0.308 e. The van der Waals surface area contributed by atoms with Crippen molar-refractivity contribution in [2.75, 3.05) is 0 Å². The van der Waals surface area contributed by atoms with E-state index in [0.717, 1.165) is 16.9 Å². The van der Waals surface area contributed by atoms with Gasteiger partial charge in [0, 0.05) is 15.6 Å². The second-order valence-electron chi connectivity index (χ2n) is 8.38. The summed E-state index contributed by atoms with van der Waals surface area (Å²) in [6.45, 7) is 6.22. The number of thiophene rings is 1. The van der Waals surface area contributed by atoms with Crippen LogP contribution >= 0.6 is 11.3 Å². The number of hydrogen-bond donors (Lipinski definition) is 1. The van der Waals surface area contributed by atoms with E-state index in [1.807, 2.05) is 37.3 Å². The first kappa shape index (κ1) is 23.6. The highest BCUT2D eigenvalue weighted by Gasteiger charge is 2.26. The predicted octanol–water partition coefficient (Wildman–Crippen LogP) is 7.67. The minimum atomic E-state index is -0.809. The zero-order valence-electron chi connectivity index (χ0n) is 19.7. The van der Waals surface area contributed by atoms with Crippen molar-refractivity contribution in [3.63, 3.8) is 0 Å². The number of carboxylic acid groups (broad SMARTS) is 1. The molecule has 4 rings (SSSR count). The van der Waals surface area contributed by atoms with Crippen molar-refractivity contribution in [3.05, 3.63) is 88.8 Å². The summed E-state index contributed by atoms with van der Waals surface area (Å²) in [6.07, 6.45) is 0.537. The fourth-order valence-corrected chi connectivity index (χ4v) is 5.24. The van der Waals surface area contributed by atoms with Crippen molar-refractivity contribution in [3.8, 4) is 28.7 Å². The topological polar surface area (TPSA) is 46.5 Å². The molecular weight excluding hydrogens is 440 g/mol. The summed E-state index contributed by atoms with van der Waals surface area (Å²) in [5, 5.41) is 13.0. The monoisotopic (exact) mass is 468 g/mol. The molecule has 0 aliphatic heterocycles. The third-order valence-electron chi connectivity index (χ3n) is 6.18. The Labute approximate surface area is 205 Å². The second-order valence-corrected chi connectivity index (χ2v) is 9.29. The number of rotatable bonds is 8. The summed E-state index contributed by atoms with van der Waals surface area (Å²) < 4.78 is 7.37. The molecule has 2 atom stereocenters. The van der Waals surface area contributed by atoms with Crippen molar-refractivity contribution < 1.29 is 14.6 Å². The van der Waals surface area contributed by atoms with E-state index in [9.17, 15) is 9.90 Å². The van der Waals surface area contributed by atoms with Gasteiger partial charge in [0.2, 0.25) is 0 Å². The van der Waals surface area contributed by atoms with Gasteiger partial charge in [-0.3, -0.25) is 4.79 Å². The number of benzene rings is 3. The van der Waals surface area contributed by atoms with Crippen LogP contribution in [0.3, 0.4) is 0 Å². The Balaban J connectivity index is 1.52. The molecule has 3 aromatic carbocycles. The van der Waals surface area contributed by atoms with Crippen LogP contribution < -0.4 is 4.74 Å². The number of carbonyl (C=O) groups is 1. The normalized spacial score (nSPS) is 12.6. The molecule has 0 saturated heterocycles. The van der Waals surface area contributed by atoms with Gasteiger partial charge in [0.15, 0.2) is 0 Å². The third-order valence-corrected chi connectivity index (χ3v) is 7.15. The maximum absolute atomic E-state index is 11.7. The van der Waals surface area contributed by atoms with Crippen LogP contribution in [0.4, 0.5) is 0 Å². The van der Waals surface area contributed by atoms with E-state index in [4.69, 9.17) is 4.74 Å². The molecule has 34 heavy (non-hydrogen) atoms. The number of aliphatic carboxylic acids is 1. The molecule has 4 aromatic rings. The quantitative estimate of drug-likeness (QED) is 0.270. The molecule has 0 saturated carbocycles. The Morgan fingerprint density at radius 3 is 2.50 bits per heavy atom. The SMILES string of the molecule is CC#C[C@H](c1ccc(COc2ccc3scc(-c4ccccc4C)c3c2)cc1)C(CC)C(=O)O. The number of aryl methyl sites for hydroxylation is 1. The Kier molecular flexibility index (Phi) is 7.35. The summed E-state index contributed by atoms with van der Waals surface area (Å²) >= 11 is 1.75. The first-order valence-electron chi connectivity index (χ1n) is 11.5. The Bertz CT molecular complexity index is 1360. The van der Waals surface area contributed by atoms with Crippen LogP contribution in [-0.2, 0) is 11.4 Å². The van der Waals surface area contributed by atoms with Gasteiger partial charge in [0.05, 0.1) is 11.8 Å². The minimum Gasteiger partial charge on any atom is -0.489 e. The third kappa shape index (κ3) is 5.00. The highest BCUT2D eigenvalue weighted by molar-refractivity contribution is 7.17. The van der Waals surface area contributed by atoms with Gasteiger partial charge in [-0.2, -0.15) is 0 Å². The lowest BCUT2D eigenvalue weighted by Gasteiger charge is -2.18. The molecule has 172 valence electrons. The highest BCUT2D eigenvalue weighted by Crippen LogP contribution is 2.37. The van der Waals surface area contributed by atoms with Gasteiger partial charge in [-0.25, -0.2) is 0 Å². The van der Waals surface area contributed by atoms with Crippen LogP contribution in [0.15, 0.2) is 72.1 Å². The molecule has 4 heteroatoms. The van der Waals surface area contributed by atoms with E-state index in [0.29, 0.717) is 13.0 Å². The largest absolute Gasteiger partial charge is 0.489 e. The number of fused-ring (bicyclic) bond motifs is 1. The fourth-order valence-electron chi connectivity index (χ4n) is 4.29. The summed E-state index contributed by atoms with van der Waals surface area (Å²) in [6, 6.07) is 22.6. The van der Waals surface area contributed by atoms with Crippen LogP contribution in [0, 0.1) is 24.7 Å². The van der Waals surface area contributed by atoms with Gasteiger partial charge in [-0.15, -0.1) is 17.3 Å². The van der Waals surface area contributed by atoms with Gasteiger partial charge in [0.25, 0.3) is 0 Å². The zero-order valence-corrected chi connectivity index (χ0v) is 20.5. The molecule has 0 fully saturated rings. The first-order chi connectivity index (χ1) is 16.5. The maximum atomic E-state index is 11.7. The molecule has 1 aromatic heterocycles. The van der Waals surface area contributed by atoms with Crippen molar-refractivity contribution in [1.29, 1.82) is 0 Å². The summed E-state index contributed by atoms with van der Waals surface area (Å²) in [7, 11) is 0. The fraction of sp³-hybridized carbons (Fsp3) is 0.233. The molecule has 1 heterocycles. The standard InChI is InChI=1S/C30H28O3S/c1-4-8-26(24(5-2)30(31)32)22-13-11-21(12-14-22)18-33-23-15-16-29-27(17-23)28(19-34-29)25-10-7-6-9-20(25)3/h6-7,9-17,19,24,26H,5,18H2,1-3H3,(H,31,32)/t24?,26-/m1/s1. The minimum absolute atomic E-state index is 0.316. The van der Waals surface area contributed by atoms with E-state index in [1.54, 1.807) is 18.3 Å². The lowest BCUT2D eigenvalue weighted by atomic mass is 9.84. The molecule has 1 N–H and O–H groups in total. The van der Waals surface area contributed by atoms with Gasteiger partial charge in [-0.05, 0) is 66.1 Å². The van der Waals surface area contributed by atoms with Crippen molar-refractivity contribution in [2.45, 2.75) is 39.7 Å². The molecule has 0 radical (unpaired) electrons. The van der Waals surface area contributed by atoms with Gasteiger partial charge >= 0.3 is 5.97 Å². The van der Waals surface area contributed by atoms with E-state index < -0.39 is 11.9 Å². The van der Waals surface area contributed by atoms with E-state index in [1.165, 1.54) is 26.8 Å². The molecule has 0 aliphatic rings. The molecule has 1 unspecified atom stereocenters. The van der Waals surface area contributed by atoms with Crippen molar-refractivity contribution in [2.24, 2.45) is 5.92 Å². The Morgan fingerprint density at radius 1 is 1.06 bits per heavy atom. The Morgan fingerprint density at radius 2 is 1.82 bits per heavy atom. The Hall–Kier alpha value is -3.55. The highest BCUT2D eigenvalue weighted by atomic mass is 32.1. The van der Waals surface area contributed by atoms with Crippen LogP contribution in [0.1, 0.15) is 42.9 Å². The average Bonchev–Trinajstić information content (AvgIpc) is 3.26. The van der Waals surface area contributed by atoms with Crippen molar-refractivity contribution in [1.82, 2.24) is 0 Å². The summed E-state index contributed by atoms with van der Waals surface area (Å²) in [5.41, 5.74) is 5.69. The smallest absolute Gasteiger partial charge is 0.308 e. The van der Waals surface area contributed by atoms with Gasteiger partial charge in [0.1, 0.15) is 12.4 Å². The molecule has 0 aliphatic carbocycles. The molecule has 0 spiro atoms. The second kappa shape index (κ2) is 10.6. The lowest BCUT2D eigenvalue weighted by molar-refractivity contribution is -0.142. The predicted molar refractivity (Wildman–Crippen MR) is 140 cm³/mol. The van der Waals surface area contributed by atoms with Crippen molar-refractivity contribution >= 4 is 27.4 Å². The molecule has 0 bridgehead atoms. The number of carboxylic acids is 1. The van der Waals surface area contributed by atoms with E-state index >= 15 is 0 Å². The summed E-state index contributed by atoms with van der Waals surface area (Å²) in [5.74, 6) is 5.16. The number of ether oxygens (including phenoxy) is 1. The zero-order chi connectivity index (χ0) is 24.1. The van der Waals surface area contributed by atoms with Gasteiger partial charge in [-0.1, -0.05) is 61.4 Å². The first-order valence-corrected chi connectivity index (χ1v) is 12.3. The van der Waals surface area contributed by atoms with Crippen LogP contribution in [0.5, 0.6) is 5.75 Å². The lowest BCUT2D eigenvalue weighted by Crippen LogP contribution is -2.20. The van der Waals surface area contributed by atoms with E-state index in [2.05, 4.69) is 60.5 Å². The van der Waals surface area contributed by atoms with Crippen LogP contribution in [0.2, 0.25) is 0 Å². The molecular formula is C30H28O3S. The number of hydrogen-bond acceptors (Lipinski definition) is 3. The average molecular weight is 469 g/mol.